The van der Waals surface area contributed by atoms with E-state index < -0.39 is 0 Å². The van der Waals surface area contributed by atoms with Gasteiger partial charge in [0.15, 0.2) is 0 Å². The van der Waals surface area contributed by atoms with Crippen LogP contribution in [0.15, 0.2) is 18.2 Å². The van der Waals surface area contributed by atoms with Crippen molar-refractivity contribution in [3.8, 4) is 0 Å². The molecule has 2 rings (SSSR count). The average Bonchev–Trinajstić information content (AvgIpc) is 2.35. The Bertz CT molecular complexity index is 375. The van der Waals surface area contributed by atoms with Gasteiger partial charge < -0.3 is 0 Å². The van der Waals surface area contributed by atoms with Crippen LogP contribution < -0.4 is 0 Å². The first-order valence-corrected chi connectivity index (χ1v) is 7.33. The molecule has 0 aliphatic carbocycles. The molecule has 1 aliphatic heterocycles. The lowest BCUT2D eigenvalue weighted by atomic mass is 9.95. The molecule has 1 atom stereocenters. The molecule has 1 heterocycles. The van der Waals surface area contributed by atoms with Gasteiger partial charge in [-0.2, -0.15) is 0 Å². The summed E-state index contributed by atoms with van der Waals surface area (Å²) in [5.74, 6) is 1.14. The zero-order chi connectivity index (χ0) is 13.0. The molecule has 18 heavy (non-hydrogen) atoms. The van der Waals surface area contributed by atoms with E-state index in [4.69, 9.17) is 23.2 Å². The standard InChI is InChI=1S/C14H18Cl2FN/c15-7-6-11-3-2-8-18(9-11)10-12-13(16)4-1-5-14(12)17/h1,4-5,11H,2-3,6-10H2. The van der Waals surface area contributed by atoms with Crippen LogP contribution in [-0.2, 0) is 6.54 Å². The molecule has 1 saturated heterocycles. The van der Waals surface area contributed by atoms with Crippen molar-refractivity contribution >= 4 is 23.2 Å². The highest BCUT2D eigenvalue weighted by molar-refractivity contribution is 6.31. The zero-order valence-corrected chi connectivity index (χ0v) is 11.9. The SMILES string of the molecule is Fc1cccc(Cl)c1CN1CCCC(CCCl)C1. The molecule has 4 heteroatoms. The topological polar surface area (TPSA) is 3.24 Å². The van der Waals surface area contributed by atoms with Gasteiger partial charge in [-0.05, 0) is 43.9 Å². The highest BCUT2D eigenvalue weighted by Gasteiger charge is 2.21. The Morgan fingerprint density at radius 2 is 2.22 bits per heavy atom. The number of rotatable bonds is 4. The molecule has 0 aromatic heterocycles. The predicted molar refractivity (Wildman–Crippen MR) is 74.7 cm³/mol. The number of hydrogen-bond acceptors (Lipinski definition) is 1. The van der Waals surface area contributed by atoms with Crippen LogP contribution in [0.1, 0.15) is 24.8 Å². The molecule has 0 amide bonds. The summed E-state index contributed by atoms with van der Waals surface area (Å²) in [6.45, 7) is 2.62. The molecule has 1 fully saturated rings. The van der Waals surface area contributed by atoms with Crippen LogP contribution in [0, 0.1) is 11.7 Å². The quantitative estimate of drug-likeness (QED) is 0.746. The summed E-state index contributed by atoms with van der Waals surface area (Å²) >= 11 is 11.9. The molecule has 1 unspecified atom stereocenters. The summed E-state index contributed by atoms with van der Waals surface area (Å²) < 4.78 is 13.7. The number of likely N-dealkylation sites (tertiary alicyclic amines) is 1. The molecule has 0 bridgehead atoms. The maximum Gasteiger partial charge on any atom is 0.129 e. The lowest BCUT2D eigenvalue weighted by Gasteiger charge is -2.32. The van der Waals surface area contributed by atoms with E-state index >= 15 is 0 Å². The van der Waals surface area contributed by atoms with Gasteiger partial charge >= 0.3 is 0 Å². The van der Waals surface area contributed by atoms with Gasteiger partial charge in [0.05, 0.1) is 0 Å². The molecule has 0 saturated carbocycles. The lowest BCUT2D eigenvalue weighted by molar-refractivity contribution is 0.163. The zero-order valence-electron chi connectivity index (χ0n) is 10.3. The minimum Gasteiger partial charge on any atom is -0.299 e. The maximum absolute atomic E-state index is 13.7. The minimum absolute atomic E-state index is 0.207. The van der Waals surface area contributed by atoms with Gasteiger partial charge in [-0.25, -0.2) is 4.39 Å². The second-order valence-corrected chi connectivity index (χ2v) is 5.71. The molecule has 0 spiro atoms. The number of halogens is 3. The van der Waals surface area contributed by atoms with Crippen molar-refractivity contribution in [1.82, 2.24) is 4.90 Å². The number of nitrogens with zero attached hydrogens (tertiary/aromatic N) is 1. The van der Waals surface area contributed by atoms with E-state index in [1.54, 1.807) is 12.1 Å². The predicted octanol–water partition coefficient (Wildman–Crippen LogP) is 4.32. The first-order valence-electron chi connectivity index (χ1n) is 6.42. The minimum atomic E-state index is -0.207. The van der Waals surface area contributed by atoms with E-state index in [-0.39, 0.29) is 5.82 Å². The number of benzene rings is 1. The molecule has 0 radical (unpaired) electrons. The first-order chi connectivity index (χ1) is 8.70. The molecular weight excluding hydrogens is 272 g/mol. The van der Waals surface area contributed by atoms with Crippen LogP contribution in [0.4, 0.5) is 4.39 Å². The third kappa shape index (κ3) is 3.59. The van der Waals surface area contributed by atoms with Gasteiger partial charge in [-0.15, -0.1) is 11.6 Å². The summed E-state index contributed by atoms with van der Waals surface area (Å²) in [5, 5.41) is 0.523. The normalized spacial score (nSPS) is 21.2. The van der Waals surface area contributed by atoms with E-state index in [2.05, 4.69) is 4.90 Å². The van der Waals surface area contributed by atoms with Crippen molar-refractivity contribution in [2.75, 3.05) is 19.0 Å². The molecular formula is C14H18Cl2FN. The molecule has 1 nitrogen and oxygen atoms in total. The monoisotopic (exact) mass is 289 g/mol. The molecule has 100 valence electrons. The van der Waals surface area contributed by atoms with Crippen molar-refractivity contribution in [3.05, 3.63) is 34.6 Å². The third-order valence-corrected chi connectivity index (χ3v) is 4.14. The number of alkyl halides is 1. The smallest absolute Gasteiger partial charge is 0.129 e. The van der Waals surface area contributed by atoms with Gasteiger partial charge in [0.25, 0.3) is 0 Å². The fourth-order valence-electron chi connectivity index (χ4n) is 2.59. The van der Waals surface area contributed by atoms with Gasteiger partial charge in [0.2, 0.25) is 0 Å². The van der Waals surface area contributed by atoms with Crippen molar-refractivity contribution < 1.29 is 4.39 Å². The van der Waals surface area contributed by atoms with E-state index in [0.29, 0.717) is 28.9 Å². The van der Waals surface area contributed by atoms with E-state index in [9.17, 15) is 4.39 Å². The molecule has 0 N–H and O–H groups in total. The number of piperidine rings is 1. The van der Waals surface area contributed by atoms with E-state index in [1.807, 2.05) is 0 Å². The second-order valence-electron chi connectivity index (χ2n) is 4.92. The van der Waals surface area contributed by atoms with Crippen LogP contribution in [-0.4, -0.2) is 23.9 Å². The van der Waals surface area contributed by atoms with Gasteiger partial charge in [0, 0.05) is 29.6 Å². The fourth-order valence-corrected chi connectivity index (χ4v) is 3.12. The van der Waals surface area contributed by atoms with Crippen molar-refractivity contribution in [2.24, 2.45) is 5.92 Å². The summed E-state index contributed by atoms with van der Waals surface area (Å²) in [6.07, 6.45) is 3.44. The Balaban J connectivity index is 2.00. The summed E-state index contributed by atoms with van der Waals surface area (Å²) in [5.41, 5.74) is 0.616. The van der Waals surface area contributed by atoms with Gasteiger partial charge in [-0.1, -0.05) is 17.7 Å². The van der Waals surface area contributed by atoms with E-state index in [0.717, 1.165) is 25.9 Å². The van der Waals surface area contributed by atoms with Crippen LogP contribution in [0.5, 0.6) is 0 Å². The lowest BCUT2D eigenvalue weighted by Crippen LogP contribution is -2.35. The summed E-state index contributed by atoms with van der Waals surface area (Å²) in [6, 6.07) is 4.87. The Morgan fingerprint density at radius 1 is 1.39 bits per heavy atom. The maximum atomic E-state index is 13.7. The van der Waals surface area contributed by atoms with Crippen molar-refractivity contribution in [3.63, 3.8) is 0 Å². The Morgan fingerprint density at radius 3 is 2.94 bits per heavy atom. The van der Waals surface area contributed by atoms with Crippen molar-refractivity contribution in [1.29, 1.82) is 0 Å². The van der Waals surface area contributed by atoms with Gasteiger partial charge in [-0.3, -0.25) is 4.90 Å². The average molecular weight is 290 g/mol. The highest BCUT2D eigenvalue weighted by atomic mass is 35.5. The van der Waals surface area contributed by atoms with Crippen molar-refractivity contribution in [2.45, 2.75) is 25.8 Å². The van der Waals surface area contributed by atoms with Crippen LogP contribution >= 0.6 is 23.2 Å². The Labute approximate surface area is 118 Å². The Hall–Kier alpha value is -0.310. The summed E-state index contributed by atoms with van der Waals surface area (Å²) in [7, 11) is 0. The molecule has 1 aliphatic rings. The number of hydrogen-bond donors (Lipinski definition) is 0. The van der Waals surface area contributed by atoms with Crippen LogP contribution in [0.3, 0.4) is 0 Å². The third-order valence-electron chi connectivity index (χ3n) is 3.56. The van der Waals surface area contributed by atoms with E-state index in [1.165, 1.54) is 12.5 Å². The molecule has 1 aromatic carbocycles. The van der Waals surface area contributed by atoms with Crippen LogP contribution in [0.2, 0.25) is 5.02 Å². The second kappa shape index (κ2) is 6.74. The van der Waals surface area contributed by atoms with Gasteiger partial charge in [0.1, 0.15) is 5.82 Å². The highest BCUT2D eigenvalue weighted by Crippen LogP contribution is 2.25. The fraction of sp³-hybridized carbons (Fsp3) is 0.571. The molecule has 1 aromatic rings. The van der Waals surface area contributed by atoms with Crippen LogP contribution in [0.25, 0.3) is 0 Å². The Kier molecular flexibility index (Phi) is 5.28. The summed E-state index contributed by atoms with van der Waals surface area (Å²) in [4.78, 5) is 2.28. The first kappa shape index (κ1) is 14.1. The largest absolute Gasteiger partial charge is 0.299 e.